The number of allylic oxidation sites excluding steroid dienone is 2. The fraction of sp³-hybridized carbons (Fsp3) is 0.442. The van der Waals surface area contributed by atoms with E-state index in [4.69, 9.17) is 35.5 Å². The lowest BCUT2D eigenvalue weighted by molar-refractivity contribution is -0.274. The van der Waals surface area contributed by atoms with Crippen LogP contribution in [0.1, 0.15) is 103 Å². The van der Waals surface area contributed by atoms with E-state index >= 15 is 0 Å². The summed E-state index contributed by atoms with van der Waals surface area (Å²) in [5.41, 5.74) is 2.64. The number of rotatable bonds is 23. The summed E-state index contributed by atoms with van der Waals surface area (Å²) in [7, 11) is 1.52. The van der Waals surface area contributed by atoms with Crippen molar-refractivity contribution in [3.63, 3.8) is 0 Å². The SMILES string of the molecule is CCCCCCCC/C=C/CCCCCCCC(=O)OCOc1c(-c2ccc(Oc3ccc(OC(F)(F)F)cc3)cc2)c(C)nc2cc(OC)c(Cl)cc12. The first-order chi connectivity index (χ1) is 26.1. The van der Waals surface area contributed by atoms with E-state index in [1.807, 2.05) is 19.1 Å². The molecule has 0 radical (unpaired) electrons. The Hall–Kier alpha value is -4.44. The molecule has 0 aliphatic carbocycles. The van der Waals surface area contributed by atoms with E-state index < -0.39 is 6.36 Å². The Labute approximate surface area is 321 Å². The van der Waals surface area contributed by atoms with E-state index in [1.165, 1.54) is 76.3 Å². The molecule has 0 aliphatic heterocycles. The molecule has 0 atom stereocenters. The summed E-state index contributed by atoms with van der Waals surface area (Å²) in [6.45, 7) is 3.79. The van der Waals surface area contributed by atoms with E-state index in [0.717, 1.165) is 44.1 Å². The number of carbonyl (C=O) groups is 1. The molecule has 3 aromatic carbocycles. The Morgan fingerprint density at radius 3 is 1.98 bits per heavy atom. The summed E-state index contributed by atoms with van der Waals surface area (Å²) < 4.78 is 64.4. The Morgan fingerprint density at radius 1 is 0.796 bits per heavy atom. The normalized spacial score (nSPS) is 11.6. The fourth-order valence-corrected chi connectivity index (χ4v) is 6.34. The van der Waals surface area contributed by atoms with Gasteiger partial charge in [-0.2, -0.15) is 0 Å². The second-order valence-corrected chi connectivity index (χ2v) is 13.6. The van der Waals surface area contributed by atoms with Crippen LogP contribution in [-0.4, -0.2) is 31.2 Å². The average Bonchev–Trinajstić information content (AvgIpc) is 3.14. The first kappa shape index (κ1) is 42.3. The number of unbranched alkanes of at least 4 members (excludes halogenated alkanes) is 11. The molecule has 0 unspecified atom stereocenters. The number of alkyl halides is 3. The van der Waals surface area contributed by atoms with Crippen molar-refractivity contribution < 1.29 is 41.7 Å². The van der Waals surface area contributed by atoms with Crippen LogP contribution in [0.3, 0.4) is 0 Å². The van der Waals surface area contributed by atoms with Crippen LogP contribution in [-0.2, 0) is 9.53 Å². The zero-order chi connectivity index (χ0) is 38.8. The van der Waals surface area contributed by atoms with Gasteiger partial charge in [-0.25, -0.2) is 0 Å². The molecule has 7 nitrogen and oxygen atoms in total. The molecule has 1 aromatic heterocycles. The van der Waals surface area contributed by atoms with E-state index in [0.29, 0.717) is 56.6 Å². The second-order valence-electron chi connectivity index (χ2n) is 13.2. The predicted molar refractivity (Wildman–Crippen MR) is 208 cm³/mol. The van der Waals surface area contributed by atoms with Crippen LogP contribution < -0.4 is 18.9 Å². The van der Waals surface area contributed by atoms with Crippen molar-refractivity contribution in [2.24, 2.45) is 0 Å². The van der Waals surface area contributed by atoms with Gasteiger partial charge in [-0.1, -0.05) is 94.2 Å². The largest absolute Gasteiger partial charge is 0.573 e. The number of methoxy groups -OCH3 is 1. The topological polar surface area (TPSA) is 76.1 Å². The third kappa shape index (κ3) is 14.1. The minimum absolute atomic E-state index is 0.297. The van der Waals surface area contributed by atoms with Crippen molar-refractivity contribution in [3.05, 3.63) is 83.5 Å². The van der Waals surface area contributed by atoms with Crippen LogP contribution in [0, 0.1) is 6.92 Å². The van der Waals surface area contributed by atoms with Crippen LogP contribution >= 0.6 is 11.6 Å². The van der Waals surface area contributed by atoms with Gasteiger partial charge in [0, 0.05) is 29.1 Å². The van der Waals surface area contributed by atoms with Crippen molar-refractivity contribution >= 4 is 28.5 Å². The van der Waals surface area contributed by atoms with Gasteiger partial charge in [-0.3, -0.25) is 9.78 Å². The number of fused-ring (bicyclic) bond motifs is 1. The van der Waals surface area contributed by atoms with Crippen LogP contribution in [0.15, 0.2) is 72.8 Å². The summed E-state index contributed by atoms with van der Waals surface area (Å²) >= 11 is 6.51. The van der Waals surface area contributed by atoms with Gasteiger partial charge in [0.25, 0.3) is 0 Å². The summed E-state index contributed by atoms with van der Waals surface area (Å²) in [6, 6.07) is 15.6. The van der Waals surface area contributed by atoms with Gasteiger partial charge in [0.1, 0.15) is 28.7 Å². The quantitative estimate of drug-likeness (QED) is 0.0322. The molecular formula is C43H51ClF3NO6. The molecule has 0 saturated heterocycles. The standard InChI is InChI=1S/C43H51ClF3NO6/c1-4-5-6-7-8-9-10-11-12-13-14-15-16-17-18-19-40(49)51-30-52-42-36-28-37(44)39(50-3)29-38(36)48-31(2)41(42)32-20-22-33(23-21-32)53-34-24-26-35(27-25-34)54-43(45,46)47/h11-12,20-29H,4-10,13-19,30H2,1-3H3/b12-11+. The van der Waals surface area contributed by atoms with Gasteiger partial charge in [0.05, 0.1) is 17.6 Å². The highest BCUT2D eigenvalue weighted by Crippen LogP contribution is 2.42. The number of carbonyl (C=O) groups excluding carboxylic acids is 1. The zero-order valence-electron chi connectivity index (χ0n) is 31.4. The lowest BCUT2D eigenvalue weighted by atomic mass is 10.00. The molecule has 0 fully saturated rings. The molecule has 0 N–H and O–H groups in total. The Kier molecular flexibility index (Phi) is 17.3. The average molecular weight is 770 g/mol. The first-order valence-corrected chi connectivity index (χ1v) is 19.2. The fourth-order valence-electron chi connectivity index (χ4n) is 6.10. The highest BCUT2D eigenvalue weighted by Gasteiger charge is 2.31. The summed E-state index contributed by atoms with van der Waals surface area (Å²) in [4.78, 5) is 17.4. The Bertz CT molecular complexity index is 1780. The first-order valence-electron chi connectivity index (χ1n) is 18.8. The molecule has 0 saturated carbocycles. The number of nitrogens with zero attached hydrogens (tertiary/aromatic N) is 1. The number of ether oxygens (including phenoxy) is 5. The molecule has 1 heterocycles. The van der Waals surface area contributed by atoms with Crippen molar-refractivity contribution in [3.8, 4) is 39.9 Å². The Morgan fingerprint density at radius 2 is 1.37 bits per heavy atom. The molecular weight excluding hydrogens is 719 g/mol. The van der Waals surface area contributed by atoms with E-state index in [-0.39, 0.29) is 18.5 Å². The molecule has 54 heavy (non-hydrogen) atoms. The number of hydrogen-bond donors (Lipinski definition) is 0. The number of aromatic nitrogens is 1. The van der Waals surface area contributed by atoms with Gasteiger partial charge < -0.3 is 23.7 Å². The molecule has 4 aromatic rings. The number of benzene rings is 3. The van der Waals surface area contributed by atoms with Crippen LogP contribution in [0.4, 0.5) is 13.2 Å². The second kappa shape index (κ2) is 22.1. The minimum Gasteiger partial charge on any atom is -0.495 e. The summed E-state index contributed by atoms with van der Waals surface area (Å²) in [5.74, 6) is 1.00. The van der Waals surface area contributed by atoms with Crippen LogP contribution in [0.25, 0.3) is 22.0 Å². The van der Waals surface area contributed by atoms with Gasteiger partial charge >= 0.3 is 12.3 Å². The highest BCUT2D eigenvalue weighted by atomic mass is 35.5. The molecule has 4 rings (SSSR count). The maximum absolute atomic E-state index is 12.6. The number of hydrogen-bond acceptors (Lipinski definition) is 7. The van der Waals surface area contributed by atoms with Crippen molar-refractivity contribution in [1.29, 1.82) is 0 Å². The smallest absolute Gasteiger partial charge is 0.495 e. The van der Waals surface area contributed by atoms with Gasteiger partial charge in [-0.15, -0.1) is 13.2 Å². The molecule has 0 bridgehead atoms. The monoisotopic (exact) mass is 769 g/mol. The number of aryl methyl sites for hydroxylation is 1. The van der Waals surface area contributed by atoms with Gasteiger partial charge in [0.2, 0.25) is 6.79 Å². The number of pyridine rings is 1. The van der Waals surface area contributed by atoms with E-state index in [9.17, 15) is 18.0 Å². The van der Waals surface area contributed by atoms with Crippen molar-refractivity contribution in [1.82, 2.24) is 4.98 Å². The van der Waals surface area contributed by atoms with E-state index in [1.54, 1.807) is 24.3 Å². The third-order valence-corrected chi connectivity index (χ3v) is 9.19. The molecule has 0 aliphatic rings. The van der Waals surface area contributed by atoms with Crippen molar-refractivity contribution in [2.75, 3.05) is 13.9 Å². The number of esters is 1. The lowest BCUT2D eigenvalue weighted by Crippen LogP contribution is -2.16. The highest BCUT2D eigenvalue weighted by molar-refractivity contribution is 6.33. The zero-order valence-corrected chi connectivity index (χ0v) is 32.2. The lowest BCUT2D eigenvalue weighted by Gasteiger charge is -2.18. The minimum atomic E-state index is -4.78. The maximum Gasteiger partial charge on any atom is 0.573 e. The molecule has 0 amide bonds. The van der Waals surface area contributed by atoms with Gasteiger partial charge in [0.15, 0.2) is 0 Å². The summed E-state index contributed by atoms with van der Waals surface area (Å²) in [5, 5.41) is 0.972. The molecule has 11 heteroatoms. The molecule has 0 spiro atoms. The van der Waals surface area contributed by atoms with Gasteiger partial charge in [-0.05, 0) is 87.1 Å². The van der Waals surface area contributed by atoms with Crippen LogP contribution in [0.2, 0.25) is 5.02 Å². The predicted octanol–water partition coefficient (Wildman–Crippen LogP) is 13.5. The molecule has 292 valence electrons. The van der Waals surface area contributed by atoms with Crippen molar-refractivity contribution in [2.45, 2.75) is 110 Å². The van der Waals surface area contributed by atoms with Crippen LogP contribution in [0.5, 0.6) is 28.7 Å². The Balaban J connectivity index is 1.30. The summed E-state index contributed by atoms with van der Waals surface area (Å²) in [6.07, 6.45) is 15.5. The third-order valence-electron chi connectivity index (χ3n) is 8.89. The maximum atomic E-state index is 12.6. The number of halogens is 4. The van der Waals surface area contributed by atoms with E-state index in [2.05, 4.69) is 23.8 Å².